The monoisotopic (exact) mass is 400 g/mol. The molecular formula is C18H16N4O5S. The van der Waals surface area contributed by atoms with Gasteiger partial charge in [-0.05, 0) is 30.3 Å². The summed E-state index contributed by atoms with van der Waals surface area (Å²) in [7, 11) is -0.854. The van der Waals surface area contributed by atoms with Gasteiger partial charge in [-0.25, -0.2) is 13.2 Å². The minimum absolute atomic E-state index is 0.00203. The molecule has 0 spiro atoms. The first kappa shape index (κ1) is 18.1. The lowest BCUT2D eigenvalue weighted by Crippen LogP contribution is -2.26. The summed E-state index contributed by atoms with van der Waals surface area (Å²) in [6.07, 6.45) is 3.30. The topological polar surface area (TPSA) is 111 Å². The third-order valence-corrected chi connectivity index (χ3v) is 6.17. The number of sulfonamides is 1. The van der Waals surface area contributed by atoms with Crippen LogP contribution in [0.4, 0.5) is 0 Å². The van der Waals surface area contributed by atoms with Gasteiger partial charge in [-0.15, -0.1) is 0 Å². The maximum absolute atomic E-state index is 12.9. The maximum Gasteiger partial charge on any atom is 0.419 e. The van der Waals surface area contributed by atoms with E-state index in [4.69, 9.17) is 8.94 Å². The molecule has 0 saturated heterocycles. The van der Waals surface area contributed by atoms with E-state index in [0.29, 0.717) is 22.6 Å². The number of fused-ring (bicyclic) bond motifs is 1. The van der Waals surface area contributed by atoms with Crippen LogP contribution in [0.5, 0.6) is 0 Å². The lowest BCUT2D eigenvalue weighted by atomic mass is 10.2. The molecule has 0 N–H and O–H groups in total. The molecular weight excluding hydrogens is 384 g/mol. The number of hydrogen-bond donors (Lipinski definition) is 0. The van der Waals surface area contributed by atoms with E-state index in [2.05, 4.69) is 10.1 Å². The largest absolute Gasteiger partial charge is 0.419 e. The molecule has 144 valence electrons. The Labute approximate surface area is 159 Å². The zero-order valence-electron chi connectivity index (χ0n) is 15.1. The zero-order valence-corrected chi connectivity index (χ0v) is 15.9. The van der Waals surface area contributed by atoms with Crippen molar-refractivity contribution in [2.24, 2.45) is 7.05 Å². The number of pyridine rings is 1. The van der Waals surface area contributed by atoms with Crippen LogP contribution in [0.3, 0.4) is 0 Å². The van der Waals surface area contributed by atoms with Crippen molar-refractivity contribution in [3.8, 4) is 11.3 Å². The number of nitrogens with zero attached hydrogens (tertiary/aromatic N) is 4. The molecule has 0 amide bonds. The van der Waals surface area contributed by atoms with Crippen molar-refractivity contribution in [1.29, 1.82) is 0 Å². The fourth-order valence-electron chi connectivity index (χ4n) is 2.79. The quantitative estimate of drug-likeness (QED) is 0.504. The molecule has 0 unspecified atom stereocenters. The van der Waals surface area contributed by atoms with Gasteiger partial charge in [0.05, 0.1) is 17.0 Å². The molecule has 4 aromatic rings. The fourth-order valence-corrected chi connectivity index (χ4v) is 3.95. The van der Waals surface area contributed by atoms with Crippen LogP contribution in [0, 0.1) is 0 Å². The molecule has 1 aromatic carbocycles. The highest BCUT2D eigenvalue weighted by Gasteiger charge is 2.24. The third-order valence-electron chi connectivity index (χ3n) is 4.37. The summed E-state index contributed by atoms with van der Waals surface area (Å²) in [5, 5.41) is 3.96. The van der Waals surface area contributed by atoms with E-state index in [1.54, 1.807) is 24.5 Å². The molecule has 0 saturated carbocycles. The van der Waals surface area contributed by atoms with Crippen molar-refractivity contribution in [2.75, 3.05) is 7.05 Å². The lowest BCUT2D eigenvalue weighted by Gasteiger charge is -2.15. The van der Waals surface area contributed by atoms with Gasteiger partial charge >= 0.3 is 5.76 Å². The molecule has 0 fully saturated rings. The lowest BCUT2D eigenvalue weighted by molar-refractivity contribution is 0.344. The second-order valence-corrected chi connectivity index (χ2v) is 8.28. The van der Waals surface area contributed by atoms with Gasteiger partial charge in [0.1, 0.15) is 5.69 Å². The molecule has 0 radical (unpaired) electrons. The summed E-state index contributed by atoms with van der Waals surface area (Å²) in [5.74, 6) is -0.163. The SMILES string of the molecule is CN(Cc1cc(-c2cccnc2)no1)S(=O)(=O)c1ccc2oc(=O)n(C)c2c1. The Morgan fingerprint density at radius 2 is 2.04 bits per heavy atom. The standard InChI is InChI=1S/C18H16N4O5S/c1-21(11-13-8-15(20-27-13)12-4-3-7-19-10-12)28(24,25)14-5-6-17-16(9-14)22(2)18(23)26-17/h3-10H,11H2,1-2H3. The molecule has 28 heavy (non-hydrogen) atoms. The van der Waals surface area contributed by atoms with Crippen LogP contribution >= 0.6 is 0 Å². The predicted octanol–water partition coefficient (Wildman–Crippen LogP) is 2.00. The van der Waals surface area contributed by atoms with E-state index in [1.165, 1.54) is 36.9 Å². The van der Waals surface area contributed by atoms with Crippen molar-refractivity contribution in [3.05, 3.63) is 65.1 Å². The maximum atomic E-state index is 12.9. The zero-order chi connectivity index (χ0) is 19.9. The Bertz CT molecular complexity index is 1300. The number of aryl methyl sites for hydroxylation is 1. The first-order valence-electron chi connectivity index (χ1n) is 8.28. The highest BCUT2D eigenvalue weighted by Crippen LogP contribution is 2.23. The highest BCUT2D eigenvalue weighted by molar-refractivity contribution is 7.89. The van der Waals surface area contributed by atoms with Crippen LogP contribution in [0.1, 0.15) is 5.76 Å². The van der Waals surface area contributed by atoms with E-state index in [-0.39, 0.29) is 11.4 Å². The molecule has 10 heteroatoms. The molecule has 0 aliphatic heterocycles. The van der Waals surface area contributed by atoms with Crippen LogP contribution in [-0.4, -0.2) is 34.5 Å². The number of oxazole rings is 1. The second-order valence-electron chi connectivity index (χ2n) is 6.24. The highest BCUT2D eigenvalue weighted by atomic mass is 32.2. The third kappa shape index (κ3) is 3.12. The number of aromatic nitrogens is 3. The van der Waals surface area contributed by atoms with Crippen molar-refractivity contribution < 1.29 is 17.4 Å². The Balaban J connectivity index is 1.61. The molecule has 0 aliphatic carbocycles. The fraction of sp³-hybridized carbons (Fsp3) is 0.167. The molecule has 0 aliphatic rings. The van der Waals surface area contributed by atoms with Crippen molar-refractivity contribution in [2.45, 2.75) is 11.4 Å². The van der Waals surface area contributed by atoms with Crippen molar-refractivity contribution in [3.63, 3.8) is 0 Å². The van der Waals surface area contributed by atoms with E-state index >= 15 is 0 Å². The van der Waals surface area contributed by atoms with Crippen LogP contribution < -0.4 is 5.76 Å². The van der Waals surface area contributed by atoms with Crippen LogP contribution in [0.2, 0.25) is 0 Å². The normalized spacial score (nSPS) is 12.1. The molecule has 0 atom stereocenters. The van der Waals surface area contributed by atoms with Gasteiger partial charge in [-0.3, -0.25) is 9.55 Å². The van der Waals surface area contributed by atoms with Gasteiger partial charge in [-0.1, -0.05) is 5.16 Å². The van der Waals surface area contributed by atoms with Gasteiger partial charge in [0.2, 0.25) is 10.0 Å². The second kappa shape index (κ2) is 6.73. The number of hydrogen-bond acceptors (Lipinski definition) is 7. The Hall–Kier alpha value is -3.24. The molecule has 0 bridgehead atoms. The molecule has 4 rings (SSSR count). The molecule has 9 nitrogen and oxygen atoms in total. The van der Waals surface area contributed by atoms with Crippen LogP contribution in [-0.2, 0) is 23.6 Å². The first-order valence-corrected chi connectivity index (χ1v) is 9.72. The summed E-state index contributed by atoms with van der Waals surface area (Å²) in [4.78, 5) is 15.7. The van der Waals surface area contributed by atoms with E-state index in [0.717, 1.165) is 9.87 Å². The summed E-state index contributed by atoms with van der Waals surface area (Å²) < 4.78 is 38.5. The molecule has 3 heterocycles. The summed E-state index contributed by atoms with van der Waals surface area (Å²) in [6.45, 7) is -0.00203. The smallest absolute Gasteiger partial charge is 0.408 e. The van der Waals surface area contributed by atoms with Crippen molar-refractivity contribution in [1.82, 2.24) is 19.0 Å². The average Bonchev–Trinajstić information content (AvgIpc) is 3.27. The number of benzene rings is 1. The average molecular weight is 400 g/mol. The Morgan fingerprint density at radius 1 is 1.21 bits per heavy atom. The minimum atomic E-state index is -3.82. The van der Waals surface area contributed by atoms with Gasteiger partial charge in [0.25, 0.3) is 0 Å². The van der Waals surface area contributed by atoms with Crippen LogP contribution in [0.25, 0.3) is 22.4 Å². The van der Waals surface area contributed by atoms with E-state index in [1.807, 2.05) is 6.07 Å². The van der Waals surface area contributed by atoms with Gasteiger partial charge in [0, 0.05) is 38.1 Å². The molecule has 3 aromatic heterocycles. The predicted molar refractivity (Wildman–Crippen MR) is 99.8 cm³/mol. The summed E-state index contributed by atoms with van der Waals surface area (Å²) in [6, 6.07) is 9.56. The minimum Gasteiger partial charge on any atom is -0.408 e. The van der Waals surface area contributed by atoms with Gasteiger partial charge in [-0.2, -0.15) is 4.31 Å². The van der Waals surface area contributed by atoms with E-state index in [9.17, 15) is 13.2 Å². The number of rotatable bonds is 5. The summed E-state index contributed by atoms with van der Waals surface area (Å²) in [5.41, 5.74) is 2.07. The van der Waals surface area contributed by atoms with E-state index < -0.39 is 15.8 Å². The van der Waals surface area contributed by atoms with Gasteiger partial charge < -0.3 is 8.94 Å². The van der Waals surface area contributed by atoms with Crippen molar-refractivity contribution >= 4 is 21.1 Å². The Morgan fingerprint density at radius 3 is 2.79 bits per heavy atom. The summed E-state index contributed by atoms with van der Waals surface area (Å²) >= 11 is 0. The first-order chi connectivity index (χ1) is 13.4. The van der Waals surface area contributed by atoms with Gasteiger partial charge in [0.15, 0.2) is 11.3 Å². The Kier molecular flexibility index (Phi) is 4.36. The van der Waals surface area contributed by atoms with Crippen LogP contribution in [0.15, 0.2) is 67.4 Å².